The zero-order valence-corrected chi connectivity index (χ0v) is 34.9. The summed E-state index contributed by atoms with van der Waals surface area (Å²) in [6, 6.07) is 75.8. The Morgan fingerprint density at radius 1 is 0.338 bits per heavy atom. The maximum atomic E-state index is 6.60. The van der Waals surface area contributed by atoms with Crippen LogP contribution in [0.4, 0.5) is 0 Å². The fourth-order valence-corrected chi connectivity index (χ4v) is 9.42. The van der Waals surface area contributed by atoms with E-state index in [1.165, 1.54) is 5.56 Å². The van der Waals surface area contributed by atoms with Crippen LogP contribution in [0.3, 0.4) is 0 Å². The van der Waals surface area contributed by atoms with E-state index in [0.29, 0.717) is 29.1 Å². The second kappa shape index (κ2) is 14.9. The molecule has 9 aromatic carbocycles. The summed E-state index contributed by atoms with van der Waals surface area (Å²) < 4.78 is 11.2. The number of aromatic nitrogens is 6. The van der Waals surface area contributed by atoms with Crippen molar-refractivity contribution in [3.8, 4) is 68.1 Å². The van der Waals surface area contributed by atoms with Gasteiger partial charge in [-0.3, -0.25) is 4.57 Å². The van der Waals surface area contributed by atoms with Gasteiger partial charge in [0.25, 0.3) is 0 Å². The molecule has 304 valence electrons. The molecule has 7 heteroatoms. The quantitative estimate of drug-likeness (QED) is 0.160. The first kappa shape index (κ1) is 36.7. The molecule has 13 aromatic rings. The maximum Gasteiger partial charge on any atom is 0.238 e. The van der Waals surface area contributed by atoms with Crippen LogP contribution in [0.5, 0.6) is 0 Å². The lowest BCUT2D eigenvalue weighted by molar-refractivity contribution is 0.620. The molecule has 0 atom stereocenters. The van der Waals surface area contributed by atoms with Crippen LogP contribution in [-0.2, 0) is 0 Å². The molecule has 0 aliphatic heterocycles. The Morgan fingerprint density at radius 3 is 1.55 bits per heavy atom. The maximum absolute atomic E-state index is 6.60. The van der Waals surface area contributed by atoms with Crippen LogP contribution >= 0.6 is 0 Å². The Hall–Kier alpha value is -8.94. The number of nitrogens with zero attached hydrogens (tertiary/aromatic N) is 6. The van der Waals surface area contributed by atoms with E-state index < -0.39 is 0 Å². The van der Waals surface area contributed by atoms with Gasteiger partial charge < -0.3 is 8.98 Å². The van der Waals surface area contributed by atoms with Crippen LogP contribution in [0.1, 0.15) is 0 Å². The van der Waals surface area contributed by atoms with Crippen LogP contribution in [0.2, 0.25) is 0 Å². The molecule has 0 fully saturated rings. The highest BCUT2D eigenvalue weighted by Gasteiger charge is 2.25. The smallest absolute Gasteiger partial charge is 0.238 e. The Labute approximate surface area is 373 Å². The van der Waals surface area contributed by atoms with E-state index in [0.717, 1.165) is 88.2 Å². The van der Waals surface area contributed by atoms with Crippen molar-refractivity contribution in [3.63, 3.8) is 0 Å². The molecular weight excluding hydrogens is 797 g/mol. The highest BCUT2D eigenvalue weighted by Crippen LogP contribution is 2.42. The predicted molar refractivity (Wildman–Crippen MR) is 263 cm³/mol. The van der Waals surface area contributed by atoms with Crippen molar-refractivity contribution in [2.45, 2.75) is 0 Å². The summed E-state index contributed by atoms with van der Waals surface area (Å²) in [6.07, 6.45) is 0. The van der Waals surface area contributed by atoms with E-state index >= 15 is 0 Å². The van der Waals surface area contributed by atoms with Gasteiger partial charge in [-0.15, -0.1) is 0 Å². The number of hydrogen-bond acceptors (Lipinski definition) is 5. The number of oxazole rings is 1. The molecule has 7 nitrogen and oxygen atoms in total. The van der Waals surface area contributed by atoms with Gasteiger partial charge in [0.2, 0.25) is 11.8 Å². The molecule has 0 unspecified atom stereocenters. The number of benzene rings is 9. The fraction of sp³-hybridized carbons (Fsp3) is 0. The second-order valence-corrected chi connectivity index (χ2v) is 16.2. The van der Waals surface area contributed by atoms with E-state index in [4.69, 9.17) is 24.4 Å². The average Bonchev–Trinajstić information content (AvgIpc) is 4.08. The highest BCUT2D eigenvalue weighted by molar-refractivity contribution is 6.23. The summed E-state index contributed by atoms with van der Waals surface area (Å²) in [5, 5.41) is 4.49. The summed E-state index contributed by atoms with van der Waals surface area (Å²) >= 11 is 0. The first-order valence-electron chi connectivity index (χ1n) is 21.7. The molecule has 0 spiro atoms. The van der Waals surface area contributed by atoms with Crippen molar-refractivity contribution in [1.82, 2.24) is 29.1 Å². The largest absolute Gasteiger partial charge is 0.435 e. The molecule has 65 heavy (non-hydrogen) atoms. The van der Waals surface area contributed by atoms with Crippen LogP contribution in [-0.4, -0.2) is 29.1 Å². The Balaban J connectivity index is 1.11. The number of fused-ring (bicyclic) bond motifs is 8. The standard InChI is InChI=1S/C58H36N6O/c1-4-16-37(17-5-1)39-30-32-43(33-31-39)63-50-28-12-10-24-44(50)46-34-35-47-45-25-11-13-29-51(45)64(53(47)52(46)63)58-61-55(42-23-14-22-41(36-42)38-18-6-2-7-19-38)60-56(62-58)48-26-15-27-49-54(48)65-57(59-49)40-20-8-3-9-21-40/h1-36H. The Bertz CT molecular complexity index is 3930. The van der Waals surface area contributed by atoms with Gasteiger partial charge in [-0.25, -0.2) is 9.97 Å². The van der Waals surface area contributed by atoms with Crippen molar-refractivity contribution < 1.29 is 4.42 Å². The summed E-state index contributed by atoms with van der Waals surface area (Å²) in [5.74, 6) is 2.04. The third-order valence-corrected chi connectivity index (χ3v) is 12.4. The molecule has 0 saturated carbocycles. The van der Waals surface area contributed by atoms with Crippen LogP contribution in [0.15, 0.2) is 223 Å². The van der Waals surface area contributed by atoms with Crippen molar-refractivity contribution in [2.24, 2.45) is 0 Å². The average molecular weight is 833 g/mol. The third kappa shape index (κ3) is 6.05. The Kier molecular flexibility index (Phi) is 8.39. The molecule has 0 amide bonds. The first-order valence-corrected chi connectivity index (χ1v) is 21.7. The van der Waals surface area contributed by atoms with Gasteiger partial charge >= 0.3 is 0 Å². The van der Waals surface area contributed by atoms with Crippen LogP contribution in [0.25, 0.3) is 123 Å². The highest BCUT2D eigenvalue weighted by atomic mass is 16.3. The van der Waals surface area contributed by atoms with Gasteiger partial charge in [-0.1, -0.05) is 164 Å². The minimum absolute atomic E-state index is 0.478. The SMILES string of the molecule is c1ccc(-c2ccc(-n3c4ccccc4c4ccc5c6ccccc6n(-c6nc(-c7cccc(-c8ccccc8)c7)nc(-c7cccc8nc(-c9ccccc9)oc78)n6)c5c43)cc2)cc1. The van der Waals surface area contributed by atoms with E-state index in [-0.39, 0.29) is 0 Å². The molecule has 0 radical (unpaired) electrons. The first-order chi connectivity index (χ1) is 32.2. The van der Waals surface area contributed by atoms with Crippen LogP contribution < -0.4 is 0 Å². The molecule has 0 saturated heterocycles. The molecule has 4 aromatic heterocycles. The number of rotatable bonds is 7. The van der Waals surface area contributed by atoms with Gasteiger partial charge in [-0.05, 0) is 76.9 Å². The van der Waals surface area contributed by atoms with Gasteiger partial charge in [0.1, 0.15) is 5.52 Å². The van der Waals surface area contributed by atoms with E-state index in [2.05, 4.69) is 173 Å². The fourth-order valence-electron chi connectivity index (χ4n) is 9.42. The van der Waals surface area contributed by atoms with E-state index in [1.807, 2.05) is 54.6 Å². The summed E-state index contributed by atoms with van der Waals surface area (Å²) in [5.41, 5.74) is 13.5. The molecule has 0 aliphatic carbocycles. The summed E-state index contributed by atoms with van der Waals surface area (Å²) in [7, 11) is 0. The summed E-state index contributed by atoms with van der Waals surface area (Å²) in [4.78, 5) is 21.1. The zero-order chi connectivity index (χ0) is 42.8. The van der Waals surface area contributed by atoms with Gasteiger partial charge in [0.05, 0.1) is 27.6 Å². The van der Waals surface area contributed by atoms with Gasteiger partial charge in [0, 0.05) is 38.4 Å². The number of para-hydroxylation sites is 3. The molecule has 0 aliphatic rings. The molecule has 13 rings (SSSR count). The third-order valence-electron chi connectivity index (χ3n) is 12.4. The number of hydrogen-bond donors (Lipinski definition) is 0. The monoisotopic (exact) mass is 832 g/mol. The molecule has 0 N–H and O–H groups in total. The minimum Gasteiger partial charge on any atom is -0.435 e. The zero-order valence-electron chi connectivity index (χ0n) is 34.9. The molecule has 0 bridgehead atoms. The minimum atomic E-state index is 0.478. The second-order valence-electron chi connectivity index (χ2n) is 16.2. The lowest BCUT2D eigenvalue weighted by atomic mass is 10.0. The predicted octanol–water partition coefficient (Wildman–Crippen LogP) is 14.5. The lowest BCUT2D eigenvalue weighted by Crippen LogP contribution is -2.07. The van der Waals surface area contributed by atoms with Gasteiger partial charge in [0.15, 0.2) is 17.2 Å². The van der Waals surface area contributed by atoms with E-state index in [1.54, 1.807) is 0 Å². The van der Waals surface area contributed by atoms with Crippen molar-refractivity contribution in [3.05, 3.63) is 218 Å². The van der Waals surface area contributed by atoms with Crippen molar-refractivity contribution in [1.29, 1.82) is 0 Å². The van der Waals surface area contributed by atoms with Crippen molar-refractivity contribution >= 4 is 54.7 Å². The molecular formula is C58H36N6O. The summed E-state index contributed by atoms with van der Waals surface area (Å²) in [6.45, 7) is 0. The van der Waals surface area contributed by atoms with Gasteiger partial charge in [-0.2, -0.15) is 9.97 Å². The van der Waals surface area contributed by atoms with Crippen LogP contribution in [0, 0.1) is 0 Å². The normalized spacial score (nSPS) is 11.7. The lowest BCUT2D eigenvalue weighted by Gasteiger charge is -2.14. The van der Waals surface area contributed by atoms with Crippen molar-refractivity contribution in [2.75, 3.05) is 0 Å². The Morgan fingerprint density at radius 2 is 0.862 bits per heavy atom. The molecule has 4 heterocycles. The topological polar surface area (TPSA) is 74.6 Å². The van der Waals surface area contributed by atoms with E-state index in [9.17, 15) is 0 Å².